The topological polar surface area (TPSA) is 46.2 Å². The van der Waals surface area contributed by atoms with Crippen molar-refractivity contribution >= 4 is 53.2 Å². The van der Waals surface area contributed by atoms with Crippen molar-refractivity contribution in [2.24, 2.45) is 0 Å². The average molecular weight is 439 g/mol. The van der Waals surface area contributed by atoms with Gasteiger partial charge in [-0.1, -0.05) is 15.9 Å². The number of benzene rings is 1. The van der Waals surface area contributed by atoms with Gasteiger partial charge in [-0.25, -0.2) is 13.1 Å². The standard InChI is InChI=1S/C13H13Br2NO2S2/c1-9-8-11(3-4-12(9)14)20(17,18)16-7-6-10-2-5-13(15)19-10/h2-5,8,16H,6-7H2,1H3. The van der Waals surface area contributed by atoms with E-state index < -0.39 is 10.0 Å². The lowest BCUT2D eigenvalue weighted by Gasteiger charge is -2.07. The van der Waals surface area contributed by atoms with Crippen molar-refractivity contribution in [3.05, 3.63) is 49.0 Å². The molecule has 7 heteroatoms. The van der Waals surface area contributed by atoms with Crippen molar-refractivity contribution in [2.75, 3.05) is 6.54 Å². The molecule has 0 aliphatic carbocycles. The van der Waals surface area contributed by atoms with E-state index in [-0.39, 0.29) is 0 Å². The van der Waals surface area contributed by atoms with Crippen LogP contribution >= 0.6 is 43.2 Å². The van der Waals surface area contributed by atoms with Crippen molar-refractivity contribution in [3.63, 3.8) is 0 Å². The number of halogens is 2. The minimum Gasteiger partial charge on any atom is -0.211 e. The molecule has 0 spiro atoms. The van der Waals surface area contributed by atoms with E-state index >= 15 is 0 Å². The first-order valence-electron chi connectivity index (χ1n) is 5.88. The Balaban J connectivity index is 2.02. The van der Waals surface area contributed by atoms with E-state index in [0.29, 0.717) is 17.9 Å². The zero-order chi connectivity index (χ0) is 14.8. The molecule has 20 heavy (non-hydrogen) atoms. The third-order valence-electron chi connectivity index (χ3n) is 2.73. The molecule has 0 saturated heterocycles. The number of hydrogen-bond acceptors (Lipinski definition) is 3. The van der Waals surface area contributed by atoms with Gasteiger partial charge in [-0.15, -0.1) is 11.3 Å². The van der Waals surface area contributed by atoms with Crippen molar-refractivity contribution in [1.29, 1.82) is 0 Å². The minimum absolute atomic E-state index is 0.297. The van der Waals surface area contributed by atoms with E-state index in [1.54, 1.807) is 29.5 Å². The van der Waals surface area contributed by atoms with Gasteiger partial charge in [0.15, 0.2) is 0 Å². The van der Waals surface area contributed by atoms with E-state index in [1.807, 2.05) is 19.1 Å². The maximum Gasteiger partial charge on any atom is 0.240 e. The summed E-state index contributed by atoms with van der Waals surface area (Å²) >= 11 is 8.37. The summed E-state index contributed by atoms with van der Waals surface area (Å²) in [5.41, 5.74) is 0.898. The molecule has 0 bridgehead atoms. The van der Waals surface area contributed by atoms with Crippen LogP contribution in [0.5, 0.6) is 0 Å². The van der Waals surface area contributed by atoms with Crippen LogP contribution in [0.3, 0.4) is 0 Å². The van der Waals surface area contributed by atoms with Crippen LogP contribution in [0.15, 0.2) is 43.5 Å². The quantitative estimate of drug-likeness (QED) is 0.763. The van der Waals surface area contributed by atoms with Crippen LogP contribution in [-0.4, -0.2) is 15.0 Å². The van der Waals surface area contributed by atoms with Gasteiger partial charge in [-0.05, 0) is 65.2 Å². The summed E-state index contributed by atoms with van der Waals surface area (Å²) < 4.78 is 28.9. The lowest BCUT2D eigenvalue weighted by molar-refractivity contribution is 0.581. The zero-order valence-corrected chi connectivity index (χ0v) is 15.5. The van der Waals surface area contributed by atoms with Crippen LogP contribution in [-0.2, 0) is 16.4 Å². The summed E-state index contributed by atoms with van der Waals surface area (Å²) in [7, 11) is -3.44. The molecule has 0 aliphatic heterocycles. The van der Waals surface area contributed by atoms with Gasteiger partial charge in [0, 0.05) is 15.9 Å². The monoisotopic (exact) mass is 437 g/mol. The molecule has 2 aromatic rings. The Labute approximate surface area is 139 Å². The Morgan fingerprint density at radius 2 is 1.95 bits per heavy atom. The van der Waals surface area contributed by atoms with Crippen LogP contribution in [0, 0.1) is 6.92 Å². The summed E-state index contributed by atoms with van der Waals surface area (Å²) in [4.78, 5) is 1.44. The Morgan fingerprint density at radius 1 is 1.20 bits per heavy atom. The zero-order valence-electron chi connectivity index (χ0n) is 10.7. The fraction of sp³-hybridized carbons (Fsp3) is 0.231. The fourth-order valence-corrected chi connectivity index (χ4v) is 4.51. The van der Waals surface area contributed by atoms with E-state index in [1.165, 1.54) is 0 Å². The van der Waals surface area contributed by atoms with Crippen molar-refractivity contribution < 1.29 is 8.42 Å². The highest BCUT2D eigenvalue weighted by molar-refractivity contribution is 9.11. The van der Waals surface area contributed by atoms with Gasteiger partial charge in [-0.2, -0.15) is 0 Å². The first kappa shape index (κ1) is 16.2. The van der Waals surface area contributed by atoms with E-state index in [4.69, 9.17) is 0 Å². The summed E-state index contributed by atoms with van der Waals surface area (Å²) in [5.74, 6) is 0. The SMILES string of the molecule is Cc1cc(S(=O)(=O)NCCc2ccc(Br)s2)ccc1Br. The predicted octanol–water partition coefficient (Wildman–Crippen LogP) is 4.10. The molecule has 0 atom stereocenters. The van der Waals surface area contributed by atoms with Gasteiger partial charge in [0.1, 0.15) is 0 Å². The molecule has 0 radical (unpaired) electrons. The molecule has 0 amide bonds. The van der Waals surface area contributed by atoms with Gasteiger partial charge in [0.2, 0.25) is 10.0 Å². The van der Waals surface area contributed by atoms with Gasteiger partial charge < -0.3 is 0 Å². The third kappa shape index (κ3) is 4.14. The van der Waals surface area contributed by atoms with Crippen LogP contribution in [0.2, 0.25) is 0 Å². The minimum atomic E-state index is -3.44. The number of hydrogen-bond donors (Lipinski definition) is 1. The Kier molecular flexibility index (Phi) is 5.42. The highest BCUT2D eigenvalue weighted by Crippen LogP contribution is 2.22. The second-order valence-electron chi connectivity index (χ2n) is 4.26. The Bertz CT molecular complexity index is 711. The molecule has 108 valence electrons. The number of thiophene rings is 1. The molecule has 1 aromatic carbocycles. The van der Waals surface area contributed by atoms with Crippen LogP contribution < -0.4 is 4.72 Å². The Morgan fingerprint density at radius 3 is 2.55 bits per heavy atom. The first-order valence-corrected chi connectivity index (χ1v) is 9.77. The predicted molar refractivity (Wildman–Crippen MR) is 89.8 cm³/mol. The van der Waals surface area contributed by atoms with E-state index in [9.17, 15) is 8.42 Å². The second-order valence-corrected chi connectivity index (χ2v) is 9.43. The normalized spacial score (nSPS) is 11.8. The molecule has 3 nitrogen and oxygen atoms in total. The van der Waals surface area contributed by atoms with Crippen LogP contribution in [0.1, 0.15) is 10.4 Å². The van der Waals surface area contributed by atoms with Gasteiger partial charge >= 0.3 is 0 Å². The summed E-state index contributed by atoms with van der Waals surface area (Å²) in [6.45, 7) is 2.26. The molecule has 0 saturated carbocycles. The van der Waals surface area contributed by atoms with Gasteiger partial charge in [-0.3, -0.25) is 0 Å². The number of sulfonamides is 1. The molecule has 1 aromatic heterocycles. The maximum atomic E-state index is 12.2. The van der Waals surface area contributed by atoms with Gasteiger partial charge in [0.25, 0.3) is 0 Å². The number of nitrogens with one attached hydrogen (secondary N) is 1. The van der Waals surface area contributed by atoms with Crippen molar-refractivity contribution in [1.82, 2.24) is 4.72 Å². The fourth-order valence-electron chi connectivity index (χ4n) is 1.66. The second kappa shape index (κ2) is 6.70. The number of aryl methyl sites for hydroxylation is 1. The highest BCUT2D eigenvalue weighted by atomic mass is 79.9. The summed E-state index contributed by atoms with van der Waals surface area (Å²) in [6, 6.07) is 8.97. The molecule has 2 rings (SSSR count). The maximum absolute atomic E-state index is 12.2. The van der Waals surface area contributed by atoms with Crippen molar-refractivity contribution in [2.45, 2.75) is 18.2 Å². The number of rotatable bonds is 5. The van der Waals surface area contributed by atoms with Crippen molar-refractivity contribution in [3.8, 4) is 0 Å². The molecule has 0 unspecified atom stereocenters. The molecule has 0 fully saturated rings. The molecular weight excluding hydrogens is 426 g/mol. The highest BCUT2D eigenvalue weighted by Gasteiger charge is 2.14. The largest absolute Gasteiger partial charge is 0.240 e. The molecule has 0 aliphatic rings. The van der Waals surface area contributed by atoms with E-state index in [0.717, 1.165) is 18.7 Å². The smallest absolute Gasteiger partial charge is 0.211 e. The van der Waals surface area contributed by atoms with Gasteiger partial charge in [0.05, 0.1) is 8.68 Å². The summed E-state index contributed by atoms with van der Waals surface area (Å²) in [5, 5.41) is 0. The third-order valence-corrected chi connectivity index (χ3v) is 6.76. The lowest BCUT2D eigenvalue weighted by Crippen LogP contribution is -2.25. The Hall–Kier alpha value is -0.210. The molecular formula is C13H13Br2NO2S2. The van der Waals surface area contributed by atoms with Crippen LogP contribution in [0.25, 0.3) is 0 Å². The summed E-state index contributed by atoms with van der Waals surface area (Å²) in [6.07, 6.45) is 0.686. The molecule has 1 heterocycles. The first-order chi connectivity index (χ1) is 9.38. The van der Waals surface area contributed by atoms with Crippen LogP contribution in [0.4, 0.5) is 0 Å². The van der Waals surface area contributed by atoms with E-state index in [2.05, 4.69) is 36.6 Å². The molecule has 1 N–H and O–H groups in total. The lowest BCUT2D eigenvalue weighted by atomic mass is 10.2. The average Bonchev–Trinajstić information content (AvgIpc) is 2.78.